The lowest BCUT2D eigenvalue weighted by Gasteiger charge is -2.09. The molecule has 21 heavy (non-hydrogen) atoms. The molecule has 0 atom stereocenters. The fraction of sp³-hybridized carbons (Fsp3) is 0.182. The van der Waals surface area contributed by atoms with Crippen molar-refractivity contribution in [1.82, 2.24) is 10.2 Å². The first-order valence-electron chi connectivity index (χ1n) is 5.51. The molecule has 10 heteroatoms. The number of aromatic amines is 1. The number of halogens is 3. The van der Waals surface area contributed by atoms with Gasteiger partial charge < -0.3 is 0 Å². The number of nitrogens with zero attached hydrogens (tertiary/aromatic N) is 1. The van der Waals surface area contributed by atoms with Crippen LogP contribution in [0.5, 0.6) is 0 Å². The Morgan fingerprint density at radius 1 is 1.24 bits per heavy atom. The Labute approximate surface area is 123 Å². The van der Waals surface area contributed by atoms with Gasteiger partial charge in [-0.2, -0.15) is 18.3 Å². The summed E-state index contributed by atoms with van der Waals surface area (Å²) in [5, 5.41) is 6.17. The Kier molecular flexibility index (Phi) is 4.19. The fourth-order valence-electron chi connectivity index (χ4n) is 1.52. The number of nitrogens with one attached hydrogen (secondary N) is 2. The predicted octanol–water partition coefficient (Wildman–Crippen LogP) is 2.95. The number of H-pyrrole nitrogens is 1. The fourth-order valence-corrected chi connectivity index (χ4v) is 3.08. The Balaban J connectivity index is 2.28. The first-order valence-corrected chi connectivity index (χ1v) is 8.22. The van der Waals surface area contributed by atoms with Gasteiger partial charge in [0.2, 0.25) is 0 Å². The van der Waals surface area contributed by atoms with Crippen molar-refractivity contribution in [2.75, 3.05) is 11.0 Å². The highest BCUT2D eigenvalue weighted by Crippen LogP contribution is 2.30. The highest BCUT2D eigenvalue weighted by atomic mass is 32.2. The molecule has 2 N–H and O–H groups in total. The molecule has 114 valence electrons. The summed E-state index contributed by atoms with van der Waals surface area (Å²) in [6.45, 7) is 0. The molecule has 0 aliphatic heterocycles. The normalized spacial score (nSPS) is 12.4. The number of hydrogen-bond acceptors (Lipinski definition) is 4. The van der Waals surface area contributed by atoms with Crippen molar-refractivity contribution in [3.05, 3.63) is 36.0 Å². The van der Waals surface area contributed by atoms with Crippen LogP contribution in [-0.2, 0) is 16.2 Å². The molecule has 2 rings (SSSR count). The lowest BCUT2D eigenvalue weighted by molar-refractivity contribution is -0.137. The predicted molar refractivity (Wildman–Crippen MR) is 72.6 cm³/mol. The van der Waals surface area contributed by atoms with Crippen molar-refractivity contribution < 1.29 is 21.6 Å². The summed E-state index contributed by atoms with van der Waals surface area (Å²) in [5.74, 6) is 0.169. The van der Waals surface area contributed by atoms with Gasteiger partial charge in [-0.25, -0.2) is 8.42 Å². The summed E-state index contributed by atoms with van der Waals surface area (Å²) in [5.41, 5.74) is -0.909. The minimum absolute atomic E-state index is 0.169. The summed E-state index contributed by atoms with van der Waals surface area (Å²) < 4.78 is 63.7. The van der Waals surface area contributed by atoms with E-state index in [0.717, 1.165) is 24.3 Å². The summed E-state index contributed by atoms with van der Waals surface area (Å²) in [4.78, 5) is 0.308. The van der Waals surface area contributed by atoms with Crippen LogP contribution in [0, 0.1) is 0 Å². The first-order chi connectivity index (χ1) is 9.74. The molecule has 5 nitrogen and oxygen atoms in total. The van der Waals surface area contributed by atoms with E-state index >= 15 is 0 Å². The number of aromatic nitrogens is 2. The zero-order valence-electron chi connectivity index (χ0n) is 10.6. The van der Waals surface area contributed by atoms with E-state index in [1.54, 1.807) is 6.26 Å². The van der Waals surface area contributed by atoms with Crippen molar-refractivity contribution in [2.24, 2.45) is 0 Å². The minimum Gasteiger partial charge on any atom is -0.263 e. The number of thioether (sulfide) groups is 1. The highest BCUT2D eigenvalue weighted by Gasteiger charge is 2.30. The van der Waals surface area contributed by atoms with E-state index in [4.69, 9.17) is 0 Å². The minimum atomic E-state index is -4.51. The molecule has 0 bridgehead atoms. The van der Waals surface area contributed by atoms with Gasteiger partial charge in [0.25, 0.3) is 10.0 Å². The molecule has 0 aliphatic rings. The van der Waals surface area contributed by atoms with Gasteiger partial charge in [-0.3, -0.25) is 9.82 Å². The Morgan fingerprint density at radius 3 is 2.38 bits per heavy atom. The van der Waals surface area contributed by atoms with E-state index in [1.165, 1.54) is 18.0 Å². The number of rotatable bonds is 4. The van der Waals surface area contributed by atoms with E-state index in [2.05, 4.69) is 14.9 Å². The van der Waals surface area contributed by atoms with Gasteiger partial charge >= 0.3 is 6.18 Å². The average Bonchev–Trinajstić information content (AvgIpc) is 2.84. The standard InChI is InChI=1S/C11H10F3N3O2S2/c1-20-9-6-15-16-10(9)17-21(18,19)8-4-2-7(3-5-8)11(12,13)14/h2-6H,1H3,(H2,15,16,17). The van der Waals surface area contributed by atoms with Crippen molar-refractivity contribution >= 4 is 27.6 Å². The van der Waals surface area contributed by atoms with E-state index in [9.17, 15) is 21.6 Å². The van der Waals surface area contributed by atoms with Crippen LogP contribution in [0.15, 0.2) is 40.3 Å². The topological polar surface area (TPSA) is 74.8 Å². The number of hydrogen-bond donors (Lipinski definition) is 2. The molecule has 0 aliphatic carbocycles. The maximum absolute atomic E-state index is 12.4. The summed E-state index contributed by atoms with van der Waals surface area (Å²) in [7, 11) is -3.98. The Hall–Kier alpha value is -1.68. The zero-order valence-corrected chi connectivity index (χ0v) is 12.2. The smallest absolute Gasteiger partial charge is 0.263 e. The molecule has 1 aromatic heterocycles. The van der Waals surface area contributed by atoms with Crippen LogP contribution in [0.25, 0.3) is 0 Å². The molecule has 0 saturated carbocycles. The number of anilines is 1. The van der Waals surface area contributed by atoms with Crippen LogP contribution in [0.1, 0.15) is 5.56 Å². The van der Waals surface area contributed by atoms with Gasteiger partial charge in [0.05, 0.1) is 21.6 Å². The van der Waals surface area contributed by atoms with Crippen molar-refractivity contribution in [3.8, 4) is 0 Å². The van der Waals surface area contributed by atoms with Crippen LogP contribution in [0.3, 0.4) is 0 Å². The van der Waals surface area contributed by atoms with Gasteiger partial charge in [0, 0.05) is 0 Å². The second-order valence-corrected chi connectivity index (χ2v) is 6.47. The number of sulfonamides is 1. The molecule has 2 aromatic rings. The van der Waals surface area contributed by atoms with Gasteiger partial charge in [-0.15, -0.1) is 11.8 Å². The molecular weight excluding hydrogens is 327 g/mol. The molecular formula is C11H10F3N3O2S2. The summed E-state index contributed by atoms with van der Waals surface area (Å²) >= 11 is 1.27. The summed E-state index contributed by atoms with van der Waals surface area (Å²) in [6.07, 6.45) is -1.33. The maximum atomic E-state index is 12.4. The quantitative estimate of drug-likeness (QED) is 0.841. The van der Waals surface area contributed by atoms with Crippen molar-refractivity contribution in [2.45, 2.75) is 16.0 Å². The Bertz CT molecular complexity index is 724. The number of alkyl halides is 3. The summed E-state index contributed by atoms with van der Waals surface area (Å²) in [6, 6.07) is 3.24. The van der Waals surface area contributed by atoms with Crippen LogP contribution in [0.4, 0.5) is 19.0 Å². The van der Waals surface area contributed by atoms with E-state index in [1.807, 2.05) is 0 Å². The van der Waals surface area contributed by atoms with E-state index in [-0.39, 0.29) is 10.7 Å². The second kappa shape index (κ2) is 5.60. The second-order valence-electron chi connectivity index (χ2n) is 3.94. The third-order valence-electron chi connectivity index (χ3n) is 2.55. The molecule has 0 spiro atoms. The zero-order chi connectivity index (χ0) is 15.7. The Morgan fingerprint density at radius 2 is 1.86 bits per heavy atom. The SMILES string of the molecule is CSc1cn[nH]c1NS(=O)(=O)c1ccc(C(F)(F)F)cc1. The van der Waals surface area contributed by atoms with Gasteiger partial charge in [0.15, 0.2) is 0 Å². The van der Waals surface area contributed by atoms with E-state index < -0.39 is 21.8 Å². The third-order valence-corrected chi connectivity index (χ3v) is 4.67. The largest absolute Gasteiger partial charge is 0.416 e. The van der Waals surface area contributed by atoms with Gasteiger partial charge in [-0.05, 0) is 30.5 Å². The maximum Gasteiger partial charge on any atom is 0.416 e. The molecule has 0 saturated heterocycles. The van der Waals surface area contributed by atoms with Crippen molar-refractivity contribution in [3.63, 3.8) is 0 Å². The molecule has 1 aromatic carbocycles. The molecule has 0 fully saturated rings. The lowest BCUT2D eigenvalue weighted by atomic mass is 10.2. The highest BCUT2D eigenvalue weighted by molar-refractivity contribution is 7.99. The molecule has 0 unspecified atom stereocenters. The van der Waals surface area contributed by atoms with Crippen LogP contribution in [0.2, 0.25) is 0 Å². The van der Waals surface area contributed by atoms with Crippen molar-refractivity contribution in [1.29, 1.82) is 0 Å². The average molecular weight is 337 g/mol. The third kappa shape index (κ3) is 3.50. The van der Waals surface area contributed by atoms with Crippen LogP contribution >= 0.6 is 11.8 Å². The molecule has 0 radical (unpaired) electrons. The van der Waals surface area contributed by atoms with Crippen LogP contribution < -0.4 is 4.72 Å². The monoisotopic (exact) mass is 337 g/mol. The van der Waals surface area contributed by atoms with Gasteiger partial charge in [-0.1, -0.05) is 0 Å². The lowest BCUT2D eigenvalue weighted by Crippen LogP contribution is -2.14. The molecule has 1 heterocycles. The van der Waals surface area contributed by atoms with Gasteiger partial charge in [0.1, 0.15) is 5.82 Å². The number of benzene rings is 1. The van der Waals surface area contributed by atoms with E-state index in [0.29, 0.717) is 4.90 Å². The van der Waals surface area contributed by atoms with Crippen LogP contribution in [-0.4, -0.2) is 24.9 Å². The first kappa shape index (κ1) is 15.7. The molecule has 0 amide bonds.